The Balaban J connectivity index is 1.74. The predicted octanol–water partition coefficient (Wildman–Crippen LogP) is 3.35. The third kappa shape index (κ3) is 2.28. The second-order valence-corrected chi connectivity index (χ2v) is 6.82. The number of rotatable bonds is 1. The van der Waals surface area contributed by atoms with Crippen molar-refractivity contribution in [2.45, 2.75) is 19.4 Å². The van der Waals surface area contributed by atoms with Crippen molar-refractivity contribution >= 4 is 28.0 Å². The van der Waals surface area contributed by atoms with Crippen LogP contribution in [0.15, 0.2) is 46.6 Å². The smallest absolute Gasteiger partial charge is 0.270 e. The van der Waals surface area contributed by atoms with Gasteiger partial charge in [0.05, 0.1) is 6.04 Å². The fourth-order valence-electron chi connectivity index (χ4n) is 3.27. The molecule has 1 aliphatic heterocycles. The largest absolute Gasteiger partial charge is 0.330 e. The van der Waals surface area contributed by atoms with Gasteiger partial charge in [-0.15, -0.1) is 11.3 Å². The lowest BCUT2D eigenvalue weighted by Gasteiger charge is -2.33. The summed E-state index contributed by atoms with van der Waals surface area (Å²) >= 11 is 1.75. The molecule has 0 fully saturated rings. The molecule has 4 rings (SSSR count). The van der Waals surface area contributed by atoms with Crippen LogP contribution in [0.25, 0.3) is 10.8 Å². The highest BCUT2D eigenvalue weighted by atomic mass is 32.1. The molecule has 23 heavy (non-hydrogen) atoms. The maximum absolute atomic E-state index is 12.9. The fourth-order valence-corrected chi connectivity index (χ4v) is 4.23. The average molecular weight is 324 g/mol. The lowest BCUT2D eigenvalue weighted by molar-refractivity contribution is 0.0673. The molecule has 1 aliphatic rings. The Kier molecular flexibility index (Phi) is 3.31. The summed E-state index contributed by atoms with van der Waals surface area (Å²) in [6.07, 6.45) is 0.876. The topological polar surface area (TPSA) is 53.2 Å². The van der Waals surface area contributed by atoms with Crippen molar-refractivity contribution in [1.29, 1.82) is 0 Å². The van der Waals surface area contributed by atoms with Crippen molar-refractivity contribution in [3.63, 3.8) is 0 Å². The zero-order valence-electron chi connectivity index (χ0n) is 12.7. The van der Waals surface area contributed by atoms with E-state index in [2.05, 4.69) is 16.4 Å². The summed E-state index contributed by atoms with van der Waals surface area (Å²) in [5.74, 6) is -0.114. The first-order valence-corrected chi connectivity index (χ1v) is 8.52. The molecule has 5 heteroatoms. The average Bonchev–Trinajstić information content (AvgIpc) is 3.04. The van der Waals surface area contributed by atoms with Crippen molar-refractivity contribution < 1.29 is 4.79 Å². The predicted molar refractivity (Wildman–Crippen MR) is 92.0 cm³/mol. The molecule has 1 atom stereocenters. The molecule has 0 aliphatic carbocycles. The van der Waals surface area contributed by atoms with E-state index in [1.807, 2.05) is 30.0 Å². The molecule has 1 aromatic carbocycles. The van der Waals surface area contributed by atoms with Crippen LogP contribution in [0.2, 0.25) is 0 Å². The number of H-pyrrole nitrogens is 1. The Morgan fingerprint density at radius 1 is 1.30 bits per heavy atom. The van der Waals surface area contributed by atoms with Crippen LogP contribution in [0.1, 0.15) is 33.9 Å². The number of amides is 1. The minimum Gasteiger partial charge on any atom is -0.330 e. The molecule has 3 aromatic rings. The molecule has 2 aromatic heterocycles. The van der Waals surface area contributed by atoms with Gasteiger partial charge in [0.25, 0.3) is 11.5 Å². The summed E-state index contributed by atoms with van der Waals surface area (Å²) in [6.45, 7) is 2.73. The number of pyridine rings is 1. The van der Waals surface area contributed by atoms with E-state index in [9.17, 15) is 9.59 Å². The number of aromatic nitrogens is 1. The Morgan fingerprint density at radius 3 is 3.00 bits per heavy atom. The molecule has 3 heterocycles. The number of carbonyl (C=O) groups excluding carboxylic acids is 1. The number of fused-ring (bicyclic) bond motifs is 2. The van der Waals surface area contributed by atoms with Crippen molar-refractivity contribution in [3.05, 3.63) is 68.3 Å². The van der Waals surface area contributed by atoms with E-state index in [1.54, 1.807) is 23.5 Å². The van der Waals surface area contributed by atoms with E-state index in [-0.39, 0.29) is 17.5 Å². The molecule has 0 spiro atoms. The highest BCUT2D eigenvalue weighted by Crippen LogP contribution is 2.33. The third-order valence-corrected chi connectivity index (χ3v) is 5.52. The highest BCUT2D eigenvalue weighted by Gasteiger charge is 2.29. The summed E-state index contributed by atoms with van der Waals surface area (Å²) in [4.78, 5) is 31.0. The first-order chi connectivity index (χ1) is 11.1. The van der Waals surface area contributed by atoms with Crippen LogP contribution in [0, 0.1) is 0 Å². The molecule has 0 saturated heterocycles. The van der Waals surface area contributed by atoms with Crippen molar-refractivity contribution in [2.24, 2.45) is 0 Å². The number of benzene rings is 1. The van der Waals surface area contributed by atoms with Crippen molar-refractivity contribution in [2.75, 3.05) is 6.54 Å². The quantitative estimate of drug-likeness (QED) is 0.746. The molecular formula is C18H16N2O2S. The van der Waals surface area contributed by atoms with E-state index in [4.69, 9.17) is 0 Å². The second-order valence-electron chi connectivity index (χ2n) is 5.82. The van der Waals surface area contributed by atoms with Gasteiger partial charge in [0, 0.05) is 16.8 Å². The zero-order chi connectivity index (χ0) is 16.0. The fraction of sp³-hybridized carbons (Fsp3) is 0.222. The van der Waals surface area contributed by atoms with Crippen LogP contribution < -0.4 is 5.56 Å². The number of nitrogens with one attached hydrogen (secondary N) is 1. The number of carbonyl (C=O) groups is 1. The third-order valence-electron chi connectivity index (χ3n) is 4.52. The van der Waals surface area contributed by atoms with Gasteiger partial charge in [0.15, 0.2) is 0 Å². The second kappa shape index (κ2) is 5.35. The van der Waals surface area contributed by atoms with E-state index in [1.165, 1.54) is 10.4 Å². The summed E-state index contributed by atoms with van der Waals surface area (Å²) in [7, 11) is 0. The number of aromatic amines is 1. The van der Waals surface area contributed by atoms with E-state index >= 15 is 0 Å². The number of nitrogens with zero attached hydrogens (tertiary/aromatic N) is 1. The summed E-state index contributed by atoms with van der Waals surface area (Å²) in [5.41, 5.74) is 1.37. The van der Waals surface area contributed by atoms with Gasteiger partial charge in [-0.25, -0.2) is 0 Å². The van der Waals surface area contributed by atoms with E-state index < -0.39 is 0 Å². The SMILES string of the molecule is C[C@@H]1c2ccsc2CCN1C(=O)c1cc2ccccc2c(=O)[nH]1. The number of thiophene rings is 1. The molecule has 1 amide bonds. The summed E-state index contributed by atoms with van der Waals surface area (Å²) < 4.78 is 0. The van der Waals surface area contributed by atoms with Crippen LogP contribution in [-0.4, -0.2) is 22.3 Å². The lowest BCUT2D eigenvalue weighted by atomic mass is 10.0. The molecule has 1 N–H and O–H groups in total. The molecule has 116 valence electrons. The molecule has 0 unspecified atom stereocenters. The minimum absolute atomic E-state index is 0.0347. The van der Waals surface area contributed by atoms with Gasteiger partial charge < -0.3 is 9.88 Å². The molecule has 4 nitrogen and oxygen atoms in total. The zero-order valence-corrected chi connectivity index (χ0v) is 13.5. The van der Waals surface area contributed by atoms with Crippen molar-refractivity contribution in [3.8, 4) is 0 Å². The van der Waals surface area contributed by atoms with Gasteiger partial charge in [-0.3, -0.25) is 9.59 Å². The standard InChI is InChI=1S/C18H16N2O2S/c1-11-13-7-9-23-16(13)6-8-20(11)18(22)15-10-12-4-2-3-5-14(12)17(21)19-15/h2-5,7,9-11H,6,8H2,1H3,(H,19,21)/t11-/m1/s1. The van der Waals surface area contributed by atoms with Crippen LogP contribution >= 0.6 is 11.3 Å². The van der Waals surface area contributed by atoms with Gasteiger partial charge in [-0.2, -0.15) is 0 Å². The summed E-state index contributed by atoms with van der Waals surface area (Å²) in [6, 6.07) is 11.2. The first-order valence-electron chi connectivity index (χ1n) is 7.64. The van der Waals surface area contributed by atoms with Crippen LogP contribution in [0.5, 0.6) is 0 Å². The normalized spacial score (nSPS) is 17.3. The molecule has 0 bridgehead atoms. The summed E-state index contributed by atoms with van der Waals surface area (Å²) in [5, 5.41) is 3.48. The van der Waals surface area contributed by atoms with Gasteiger partial charge in [-0.05, 0) is 47.9 Å². The van der Waals surface area contributed by atoms with Crippen LogP contribution in [0.4, 0.5) is 0 Å². The lowest BCUT2D eigenvalue weighted by Crippen LogP contribution is -2.39. The number of hydrogen-bond acceptors (Lipinski definition) is 3. The van der Waals surface area contributed by atoms with Crippen LogP contribution in [-0.2, 0) is 6.42 Å². The molecular weight excluding hydrogens is 308 g/mol. The maximum Gasteiger partial charge on any atom is 0.270 e. The van der Waals surface area contributed by atoms with Crippen molar-refractivity contribution in [1.82, 2.24) is 9.88 Å². The Bertz CT molecular complexity index is 957. The maximum atomic E-state index is 12.9. The Hall–Kier alpha value is -2.40. The van der Waals surface area contributed by atoms with Gasteiger partial charge in [0.2, 0.25) is 0 Å². The van der Waals surface area contributed by atoms with E-state index in [0.29, 0.717) is 17.6 Å². The van der Waals surface area contributed by atoms with Gasteiger partial charge in [0.1, 0.15) is 5.69 Å². The molecule has 0 radical (unpaired) electrons. The first kappa shape index (κ1) is 14.2. The van der Waals surface area contributed by atoms with Gasteiger partial charge in [-0.1, -0.05) is 18.2 Å². The van der Waals surface area contributed by atoms with Crippen LogP contribution in [0.3, 0.4) is 0 Å². The van der Waals surface area contributed by atoms with Gasteiger partial charge >= 0.3 is 0 Å². The Labute approximate surface area is 137 Å². The highest BCUT2D eigenvalue weighted by molar-refractivity contribution is 7.10. The monoisotopic (exact) mass is 324 g/mol. The number of hydrogen-bond donors (Lipinski definition) is 1. The molecule has 0 saturated carbocycles. The Morgan fingerprint density at radius 2 is 2.13 bits per heavy atom. The van der Waals surface area contributed by atoms with E-state index in [0.717, 1.165) is 11.8 Å². The minimum atomic E-state index is -0.215.